The zero-order valence-electron chi connectivity index (χ0n) is 13.8. The Labute approximate surface area is 129 Å². The van der Waals surface area contributed by atoms with Crippen LogP contribution in [0.3, 0.4) is 0 Å². The van der Waals surface area contributed by atoms with Gasteiger partial charge in [-0.25, -0.2) is 4.79 Å². The van der Waals surface area contributed by atoms with Gasteiger partial charge < -0.3 is 15.1 Å². The van der Waals surface area contributed by atoms with Crippen LogP contribution in [0.4, 0.5) is 4.79 Å². The highest BCUT2D eigenvalue weighted by molar-refractivity contribution is 5.74. The van der Waals surface area contributed by atoms with Gasteiger partial charge >= 0.3 is 6.03 Å². The van der Waals surface area contributed by atoms with Crippen LogP contribution in [0.25, 0.3) is 0 Å². The number of hydrogen-bond donors (Lipinski definition) is 1. The summed E-state index contributed by atoms with van der Waals surface area (Å²) in [7, 11) is 4.05. The summed E-state index contributed by atoms with van der Waals surface area (Å²) in [6.07, 6.45) is 8.30. The SMILES string of the molecule is CN(C)CCNC(=O)N1CCN(C2CCCCCC2)CC1. The summed E-state index contributed by atoms with van der Waals surface area (Å²) in [6, 6.07) is 0.879. The predicted molar refractivity (Wildman–Crippen MR) is 86.6 cm³/mol. The summed E-state index contributed by atoms with van der Waals surface area (Å²) in [6.45, 7) is 5.48. The van der Waals surface area contributed by atoms with Crippen LogP contribution >= 0.6 is 0 Å². The van der Waals surface area contributed by atoms with Crippen molar-refractivity contribution in [3.8, 4) is 0 Å². The molecule has 0 bridgehead atoms. The molecule has 2 amide bonds. The molecule has 1 saturated heterocycles. The fourth-order valence-electron chi connectivity index (χ4n) is 3.41. The van der Waals surface area contributed by atoms with E-state index >= 15 is 0 Å². The quantitative estimate of drug-likeness (QED) is 0.801. The van der Waals surface area contributed by atoms with Crippen LogP contribution < -0.4 is 5.32 Å². The van der Waals surface area contributed by atoms with E-state index in [4.69, 9.17) is 0 Å². The first kappa shape index (κ1) is 16.6. The second kappa shape index (κ2) is 8.59. The van der Waals surface area contributed by atoms with E-state index in [0.29, 0.717) is 0 Å². The molecule has 0 aromatic rings. The Morgan fingerprint density at radius 1 is 1.05 bits per heavy atom. The number of carbonyl (C=O) groups is 1. The van der Waals surface area contributed by atoms with Gasteiger partial charge in [0.15, 0.2) is 0 Å². The van der Waals surface area contributed by atoms with Gasteiger partial charge in [0, 0.05) is 45.3 Å². The van der Waals surface area contributed by atoms with Crippen molar-refractivity contribution < 1.29 is 4.79 Å². The van der Waals surface area contributed by atoms with Crippen molar-refractivity contribution in [2.24, 2.45) is 0 Å². The lowest BCUT2D eigenvalue weighted by Crippen LogP contribution is -2.54. The molecule has 5 heteroatoms. The Morgan fingerprint density at radius 2 is 1.67 bits per heavy atom. The Hall–Kier alpha value is -0.810. The maximum atomic E-state index is 12.1. The van der Waals surface area contributed by atoms with Crippen LogP contribution in [0.15, 0.2) is 0 Å². The van der Waals surface area contributed by atoms with E-state index in [2.05, 4.69) is 15.1 Å². The van der Waals surface area contributed by atoms with Crippen molar-refractivity contribution in [2.45, 2.75) is 44.6 Å². The molecule has 0 radical (unpaired) electrons. The van der Waals surface area contributed by atoms with Crippen LogP contribution in [0.2, 0.25) is 0 Å². The lowest BCUT2D eigenvalue weighted by Gasteiger charge is -2.39. The summed E-state index contributed by atoms with van der Waals surface area (Å²) in [5.74, 6) is 0. The molecular weight excluding hydrogens is 264 g/mol. The molecule has 2 fully saturated rings. The molecular formula is C16H32N4O. The minimum Gasteiger partial charge on any atom is -0.337 e. The lowest BCUT2D eigenvalue weighted by atomic mass is 10.1. The first-order valence-electron chi connectivity index (χ1n) is 8.58. The predicted octanol–water partition coefficient (Wildman–Crippen LogP) is 1.60. The topological polar surface area (TPSA) is 38.8 Å². The Balaban J connectivity index is 1.68. The zero-order chi connectivity index (χ0) is 15.1. The van der Waals surface area contributed by atoms with Crippen LogP contribution in [-0.2, 0) is 0 Å². The first-order valence-corrected chi connectivity index (χ1v) is 8.58. The van der Waals surface area contributed by atoms with Gasteiger partial charge in [-0.1, -0.05) is 25.7 Å². The molecule has 2 aliphatic rings. The molecule has 0 atom stereocenters. The van der Waals surface area contributed by atoms with E-state index in [0.717, 1.165) is 45.3 Å². The van der Waals surface area contributed by atoms with Gasteiger partial charge in [0.2, 0.25) is 0 Å². The molecule has 1 aliphatic carbocycles. The second-order valence-electron chi connectivity index (χ2n) is 6.70. The third-order valence-corrected chi connectivity index (χ3v) is 4.78. The lowest BCUT2D eigenvalue weighted by molar-refractivity contribution is 0.101. The molecule has 1 N–H and O–H groups in total. The summed E-state index contributed by atoms with van der Waals surface area (Å²) in [4.78, 5) is 18.8. The third kappa shape index (κ3) is 5.47. The Bertz CT molecular complexity index is 305. The van der Waals surface area contributed by atoms with Crippen molar-refractivity contribution in [3.63, 3.8) is 0 Å². The van der Waals surface area contributed by atoms with Gasteiger partial charge in [-0.3, -0.25) is 4.90 Å². The number of carbonyl (C=O) groups excluding carboxylic acids is 1. The van der Waals surface area contributed by atoms with E-state index in [1.54, 1.807) is 0 Å². The molecule has 0 spiro atoms. The van der Waals surface area contributed by atoms with Crippen molar-refractivity contribution in [2.75, 3.05) is 53.4 Å². The van der Waals surface area contributed by atoms with Crippen molar-refractivity contribution in [1.29, 1.82) is 0 Å². The maximum Gasteiger partial charge on any atom is 0.317 e. The average molecular weight is 296 g/mol. The summed E-state index contributed by atoms with van der Waals surface area (Å²) in [5, 5.41) is 3.01. The summed E-state index contributed by atoms with van der Waals surface area (Å²) >= 11 is 0. The van der Waals surface area contributed by atoms with Crippen molar-refractivity contribution in [1.82, 2.24) is 20.0 Å². The van der Waals surface area contributed by atoms with E-state index in [-0.39, 0.29) is 6.03 Å². The molecule has 1 heterocycles. The minimum absolute atomic E-state index is 0.109. The van der Waals surface area contributed by atoms with Gasteiger partial charge in [0.05, 0.1) is 0 Å². The number of piperazine rings is 1. The van der Waals surface area contributed by atoms with Gasteiger partial charge in [-0.2, -0.15) is 0 Å². The average Bonchev–Trinajstić information content (AvgIpc) is 2.76. The van der Waals surface area contributed by atoms with Gasteiger partial charge in [-0.05, 0) is 26.9 Å². The molecule has 2 rings (SSSR count). The molecule has 21 heavy (non-hydrogen) atoms. The van der Waals surface area contributed by atoms with Crippen LogP contribution in [0.5, 0.6) is 0 Å². The molecule has 1 aliphatic heterocycles. The molecule has 1 saturated carbocycles. The zero-order valence-corrected chi connectivity index (χ0v) is 13.8. The smallest absolute Gasteiger partial charge is 0.317 e. The highest BCUT2D eigenvalue weighted by Gasteiger charge is 2.26. The van der Waals surface area contributed by atoms with Crippen LogP contribution in [0, 0.1) is 0 Å². The van der Waals surface area contributed by atoms with E-state index in [1.165, 1.54) is 38.5 Å². The standard InChI is InChI=1S/C16H32N4O/c1-18(2)10-9-17-16(21)20-13-11-19(12-14-20)15-7-5-3-4-6-8-15/h15H,3-14H2,1-2H3,(H,17,21). The van der Waals surface area contributed by atoms with E-state index in [1.807, 2.05) is 19.0 Å². The second-order valence-corrected chi connectivity index (χ2v) is 6.70. The minimum atomic E-state index is 0.109. The summed E-state index contributed by atoms with van der Waals surface area (Å²) < 4.78 is 0. The number of nitrogens with one attached hydrogen (secondary N) is 1. The number of hydrogen-bond acceptors (Lipinski definition) is 3. The van der Waals surface area contributed by atoms with Crippen LogP contribution in [-0.4, -0.2) is 80.1 Å². The number of likely N-dealkylation sites (N-methyl/N-ethyl adjacent to an activating group) is 1. The monoisotopic (exact) mass is 296 g/mol. The third-order valence-electron chi connectivity index (χ3n) is 4.78. The van der Waals surface area contributed by atoms with Gasteiger partial charge in [0.1, 0.15) is 0 Å². The van der Waals surface area contributed by atoms with Gasteiger partial charge in [0.25, 0.3) is 0 Å². The molecule has 5 nitrogen and oxygen atoms in total. The first-order chi connectivity index (χ1) is 10.2. The number of urea groups is 1. The fourth-order valence-corrected chi connectivity index (χ4v) is 3.41. The largest absolute Gasteiger partial charge is 0.337 e. The fraction of sp³-hybridized carbons (Fsp3) is 0.938. The van der Waals surface area contributed by atoms with Crippen molar-refractivity contribution in [3.05, 3.63) is 0 Å². The van der Waals surface area contributed by atoms with Crippen molar-refractivity contribution >= 4 is 6.03 Å². The Kier molecular flexibility index (Phi) is 6.77. The summed E-state index contributed by atoms with van der Waals surface area (Å²) in [5.41, 5.74) is 0. The normalized spacial score (nSPS) is 22.3. The Morgan fingerprint density at radius 3 is 2.24 bits per heavy atom. The van der Waals surface area contributed by atoms with E-state index in [9.17, 15) is 4.79 Å². The number of rotatable bonds is 4. The van der Waals surface area contributed by atoms with Gasteiger partial charge in [-0.15, -0.1) is 0 Å². The maximum absolute atomic E-state index is 12.1. The number of nitrogens with zero attached hydrogens (tertiary/aromatic N) is 3. The molecule has 0 unspecified atom stereocenters. The number of amides is 2. The highest BCUT2D eigenvalue weighted by atomic mass is 16.2. The molecule has 0 aromatic carbocycles. The molecule has 0 aromatic heterocycles. The van der Waals surface area contributed by atoms with Crippen LogP contribution in [0.1, 0.15) is 38.5 Å². The molecule has 122 valence electrons. The van der Waals surface area contributed by atoms with E-state index < -0.39 is 0 Å². The highest BCUT2D eigenvalue weighted by Crippen LogP contribution is 2.22.